The Morgan fingerprint density at radius 3 is 2.41 bits per heavy atom. The van der Waals surface area contributed by atoms with Gasteiger partial charge in [0.1, 0.15) is 6.04 Å². The summed E-state index contributed by atoms with van der Waals surface area (Å²) in [5.74, 6) is -1.43. The normalized spacial score (nSPS) is 13.8. The van der Waals surface area contributed by atoms with Gasteiger partial charge in [0.25, 0.3) is 0 Å². The Kier molecular flexibility index (Phi) is 5.95. The van der Waals surface area contributed by atoms with Crippen molar-refractivity contribution in [1.82, 2.24) is 4.72 Å². The Morgan fingerprint density at radius 2 is 1.91 bits per heavy atom. The quantitative estimate of drug-likeness (QED) is 0.800. The molecule has 0 saturated carbocycles. The summed E-state index contributed by atoms with van der Waals surface area (Å²) in [4.78, 5) is 10.1. The van der Waals surface area contributed by atoms with Gasteiger partial charge in [-0.1, -0.05) is 31.9 Å². The van der Waals surface area contributed by atoms with Gasteiger partial charge in [0.15, 0.2) is 0 Å². The van der Waals surface area contributed by atoms with E-state index in [4.69, 9.17) is 5.11 Å². The molecule has 0 radical (unpaired) electrons. The Hall–Kier alpha value is -1.61. The van der Waals surface area contributed by atoms with Crippen molar-refractivity contribution in [3.8, 4) is 0 Å². The fourth-order valence-electron chi connectivity index (χ4n) is 1.83. The molecule has 22 heavy (non-hydrogen) atoms. The van der Waals surface area contributed by atoms with E-state index < -0.39 is 38.7 Å². The minimum atomic E-state index is -4.85. The predicted octanol–water partition coefficient (Wildman–Crippen LogP) is 2.63. The number of carboxylic acid groups (broad SMARTS) is 1. The highest BCUT2D eigenvalue weighted by Gasteiger charge is 2.37. The van der Waals surface area contributed by atoms with E-state index in [2.05, 4.69) is 0 Å². The molecule has 1 atom stereocenters. The van der Waals surface area contributed by atoms with Gasteiger partial charge >= 0.3 is 12.1 Å². The summed E-state index contributed by atoms with van der Waals surface area (Å²) >= 11 is 0. The maximum atomic E-state index is 12.9. The molecule has 0 aliphatic carbocycles. The Bertz CT molecular complexity index is 628. The van der Waals surface area contributed by atoms with E-state index in [-0.39, 0.29) is 6.42 Å². The van der Waals surface area contributed by atoms with Crippen molar-refractivity contribution in [1.29, 1.82) is 0 Å². The van der Waals surface area contributed by atoms with Gasteiger partial charge < -0.3 is 5.11 Å². The van der Waals surface area contributed by atoms with Crippen LogP contribution >= 0.6 is 0 Å². The molecular formula is C13H16F3NO4S. The van der Waals surface area contributed by atoms with Gasteiger partial charge in [0.05, 0.1) is 10.5 Å². The first kappa shape index (κ1) is 18.4. The van der Waals surface area contributed by atoms with Crippen LogP contribution in [0.15, 0.2) is 29.2 Å². The Balaban J connectivity index is 3.17. The van der Waals surface area contributed by atoms with Crippen LogP contribution in [0.5, 0.6) is 0 Å². The molecule has 0 aromatic heterocycles. The van der Waals surface area contributed by atoms with E-state index in [9.17, 15) is 26.4 Å². The Morgan fingerprint density at radius 1 is 1.32 bits per heavy atom. The number of benzene rings is 1. The van der Waals surface area contributed by atoms with Crippen molar-refractivity contribution in [2.75, 3.05) is 0 Å². The molecule has 1 unspecified atom stereocenters. The molecule has 1 aromatic rings. The number of alkyl halides is 3. The lowest BCUT2D eigenvalue weighted by Gasteiger charge is -2.17. The van der Waals surface area contributed by atoms with E-state index in [1.807, 2.05) is 4.72 Å². The molecule has 0 saturated heterocycles. The monoisotopic (exact) mass is 339 g/mol. The van der Waals surface area contributed by atoms with Crippen LogP contribution < -0.4 is 4.72 Å². The minimum Gasteiger partial charge on any atom is -0.480 e. The summed E-state index contributed by atoms with van der Waals surface area (Å²) in [6.07, 6.45) is -3.79. The molecule has 1 aromatic carbocycles. The van der Waals surface area contributed by atoms with Crippen molar-refractivity contribution in [3.05, 3.63) is 29.8 Å². The number of unbranched alkanes of at least 4 members (excludes halogenated alkanes) is 1. The molecule has 0 heterocycles. The van der Waals surface area contributed by atoms with Crippen LogP contribution in [0, 0.1) is 0 Å². The van der Waals surface area contributed by atoms with E-state index in [0.29, 0.717) is 18.9 Å². The number of nitrogens with one attached hydrogen (secondary N) is 1. The van der Waals surface area contributed by atoms with Gasteiger partial charge in [-0.05, 0) is 18.6 Å². The molecule has 0 amide bonds. The van der Waals surface area contributed by atoms with Crippen molar-refractivity contribution >= 4 is 16.0 Å². The van der Waals surface area contributed by atoms with E-state index in [1.54, 1.807) is 6.92 Å². The van der Waals surface area contributed by atoms with Gasteiger partial charge in [-0.25, -0.2) is 8.42 Å². The van der Waals surface area contributed by atoms with E-state index in [0.717, 1.165) is 18.2 Å². The zero-order chi connectivity index (χ0) is 17.0. The van der Waals surface area contributed by atoms with Crippen molar-refractivity contribution in [2.24, 2.45) is 0 Å². The van der Waals surface area contributed by atoms with Crippen LogP contribution in [-0.2, 0) is 21.0 Å². The number of carbonyl (C=O) groups is 1. The highest BCUT2D eigenvalue weighted by atomic mass is 32.2. The second-order valence-corrected chi connectivity index (χ2v) is 6.33. The molecule has 124 valence electrons. The average molecular weight is 339 g/mol. The maximum absolute atomic E-state index is 12.9. The molecular weight excluding hydrogens is 323 g/mol. The third kappa shape index (κ3) is 4.70. The molecule has 0 spiro atoms. The van der Waals surface area contributed by atoms with Gasteiger partial charge in [-0.3, -0.25) is 4.79 Å². The predicted molar refractivity (Wildman–Crippen MR) is 72.7 cm³/mol. The van der Waals surface area contributed by atoms with Crippen LogP contribution in [0.2, 0.25) is 0 Å². The van der Waals surface area contributed by atoms with Crippen LogP contribution in [0.3, 0.4) is 0 Å². The molecule has 2 N–H and O–H groups in total. The average Bonchev–Trinajstić information content (AvgIpc) is 2.42. The molecule has 1 rings (SSSR count). The number of sulfonamides is 1. The third-order valence-corrected chi connectivity index (χ3v) is 4.45. The largest absolute Gasteiger partial charge is 0.480 e. The smallest absolute Gasteiger partial charge is 0.417 e. The van der Waals surface area contributed by atoms with Gasteiger partial charge in [0, 0.05) is 0 Å². The van der Waals surface area contributed by atoms with Crippen LogP contribution in [0.25, 0.3) is 0 Å². The number of rotatable bonds is 7. The second-order valence-electron chi connectivity index (χ2n) is 4.65. The zero-order valence-corrected chi connectivity index (χ0v) is 12.5. The summed E-state index contributed by atoms with van der Waals surface area (Å²) in [5.41, 5.74) is -1.33. The van der Waals surface area contributed by atoms with Crippen molar-refractivity contribution < 1.29 is 31.5 Å². The molecule has 0 aliphatic heterocycles. The summed E-state index contributed by atoms with van der Waals surface area (Å²) in [6, 6.07) is 2.17. The summed E-state index contributed by atoms with van der Waals surface area (Å²) in [5, 5.41) is 8.99. The summed E-state index contributed by atoms with van der Waals surface area (Å²) in [7, 11) is -4.60. The summed E-state index contributed by atoms with van der Waals surface area (Å²) in [6.45, 7) is 1.78. The van der Waals surface area contributed by atoms with Crippen LogP contribution in [0.1, 0.15) is 31.7 Å². The molecule has 0 bridgehead atoms. The number of halogens is 3. The fourth-order valence-corrected chi connectivity index (χ4v) is 3.28. The first-order chi connectivity index (χ1) is 10.1. The maximum Gasteiger partial charge on any atom is 0.417 e. The number of carboxylic acids is 1. The standard InChI is InChI=1S/C13H16F3NO4S/c1-2-3-7-10(12(18)19)17-22(20,21)11-8-5-4-6-9(11)13(14,15)16/h4-6,8,10,17H,2-3,7H2,1H3,(H,18,19). The molecule has 5 nitrogen and oxygen atoms in total. The SMILES string of the molecule is CCCCC(NS(=O)(=O)c1ccccc1C(F)(F)F)C(=O)O. The van der Waals surface area contributed by atoms with Crippen LogP contribution in [-0.4, -0.2) is 25.5 Å². The highest BCUT2D eigenvalue weighted by Crippen LogP contribution is 2.33. The minimum absolute atomic E-state index is 0.000746. The van der Waals surface area contributed by atoms with E-state index >= 15 is 0 Å². The number of hydrogen-bond donors (Lipinski definition) is 2. The van der Waals surface area contributed by atoms with Gasteiger partial charge in [-0.2, -0.15) is 17.9 Å². The first-order valence-electron chi connectivity index (χ1n) is 6.51. The number of hydrogen-bond acceptors (Lipinski definition) is 3. The fraction of sp³-hybridized carbons (Fsp3) is 0.462. The van der Waals surface area contributed by atoms with Gasteiger partial charge in [0.2, 0.25) is 10.0 Å². The summed E-state index contributed by atoms with van der Waals surface area (Å²) < 4.78 is 64.6. The molecule has 0 aliphatic rings. The molecule has 0 fully saturated rings. The zero-order valence-electron chi connectivity index (χ0n) is 11.7. The second kappa shape index (κ2) is 7.10. The van der Waals surface area contributed by atoms with Crippen molar-refractivity contribution in [2.45, 2.75) is 43.3 Å². The lowest BCUT2D eigenvalue weighted by Crippen LogP contribution is -2.41. The first-order valence-corrected chi connectivity index (χ1v) is 7.99. The van der Waals surface area contributed by atoms with E-state index in [1.165, 1.54) is 0 Å². The lowest BCUT2D eigenvalue weighted by molar-refractivity contribution is -0.140. The molecule has 9 heteroatoms. The topological polar surface area (TPSA) is 83.5 Å². The Labute approximate surface area is 126 Å². The van der Waals surface area contributed by atoms with Crippen LogP contribution in [0.4, 0.5) is 13.2 Å². The highest BCUT2D eigenvalue weighted by molar-refractivity contribution is 7.89. The van der Waals surface area contributed by atoms with Crippen molar-refractivity contribution in [3.63, 3.8) is 0 Å². The van der Waals surface area contributed by atoms with Gasteiger partial charge in [-0.15, -0.1) is 0 Å². The third-order valence-electron chi connectivity index (χ3n) is 2.92. The lowest BCUT2D eigenvalue weighted by atomic mass is 10.1. The number of aliphatic carboxylic acids is 1.